The van der Waals surface area contributed by atoms with E-state index in [1.165, 1.54) is 6.08 Å². The molecular weight excluding hydrogens is 242 g/mol. The van der Waals surface area contributed by atoms with Crippen LogP contribution < -0.4 is 4.74 Å². The molecule has 0 saturated heterocycles. The lowest BCUT2D eigenvalue weighted by Crippen LogP contribution is -1.97. The molecule has 0 atom stereocenters. The average molecular weight is 255 g/mol. The van der Waals surface area contributed by atoms with Crippen LogP contribution in [0.2, 0.25) is 0 Å². The summed E-state index contributed by atoms with van der Waals surface area (Å²) in [6, 6.07) is 15.0. The first-order chi connectivity index (χ1) is 9.24. The highest BCUT2D eigenvalue weighted by Gasteiger charge is 1.98. The van der Waals surface area contributed by atoms with E-state index in [0.29, 0.717) is 18.2 Å². The molecule has 2 aromatic rings. The number of nitrogens with zero attached hydrogens (tertiary/aromatic N) is 1. The van der Waals surface area contributed by atoms with Gasteiger partial charge in [0.05, 0.1) is 5.69 Å². The molecular formula is C15H13NO3. The second kappa shape index (κ2) is 6.35. The smallest absolute Gasteiger partial charge is 0.328 e. The third-order valence-electron chi connectivity index (χ3n) is 2.37. The molecule has 1 aromatic carbocycles. The van der Waals surface area contributed by atoms with Crippen molar-refractivity contribution < 1.29 is 14.6 Å². The normalized spacial score (nSPS) is 10.5. The lowest BCUT2D eigenvalue weighted by atomic mass is 10.2. The van der Waals surface area contributed by atoms with Crippen molar-refractivity contribution in [1.82, 2.24) is 4.98 Å². The summed E-state index contributed by atoms with van der Waals surface area (Å²) < 4.78 is 5.55. The van der Waals surface area contributed by atoms with Crippen LogP contribution in [0.1, 0.15) is 11.3 Å². The standard InChI is InChI=1S/C15H13NO3/c17-15(18)10-9-13-7-4-8-14(16-13)19-11-12-5-2-1-3-6-12/h1-10H,11H2,(H,17,18)/b10-9+. The van der Waals surface area contributed by atoms with Gasteiger partial charge in [0.25, 0.3) is 0 Å². The maximum Gasteiger partial charge on any atom is 0.328 e. The molecule has 2 rings (SSSR count). The Balaban J connectivity index is 2.01. The van der Waals surface area contributed by atoms with E-state index in [4.69, 9.17) is 9.84 Å². The predicted molar refractivity (Wildman–Crippen MR) is 71.7 cm³/mol. The summed E-state index contributed by atoms with van der Waals surface area (Å²) in [5.74, 6) is -0.534. The number of aromatic nitrogens is 1. The van der Waals surface area contributed by atoms with Gasteiger partial charge in [0.2, 0.25) is 5.88 Å². The van der Waals surface area contributed by atoms with Crippen molar-refractivity contribution >= 4 is 12.0 Å². The molecule has 4 nitrogen and oxygen atoms in total. The Kier molecular flexibility index (Phi) is 4.29. The molecule has 0 radical (unpaired) electrons. The first kappa shape index (κ1) is 12.8. The number of carboxylic acids is 1. The summed E-state index contributed by atoms with van der Waals surface area (Å²) in [5, 5.41) is 8.55. The number of ether oxygens (including phenoxy) is 1. The molecule has 1 heterocycles. The fourth-order valence-electron chi connectivity index (χ4n) is 1.49. The molecule has 19 heavy (non-hydrogen) atoms. The van der Waals surface area contributed by atoms with Gasteiger partial charge in [-0.2, -0.15) is 0 Å². The Hall–Kier alpha value is -2.62. The maximum atomic E-state index is 10.4. The molecule has 0 bridgehead atoms. The van der Waals surface area contributed by atoms with Crippen molar-refractivity contribution in [3.63, 3.8) is 0 Å². The number of hydrogen-bond acceptors (Lipinski definition) is 3. The molecule has 0 aliphatic heterocycles. The number of carbonyl (C=O) groups is 1. The van der Waals surface area contributed by atoms with Gasteiger partial charge in [-0.1, -0.05) is 36.4 Å². The van der Waals surface area contributed by atoms with E-state index < -0.39 is 5.97 Å². The zero-order valence-corrected chi connectivity index (χ0v) is 10.2. The highest BCUT2D eigenvalue weighted by molar-refractivity contribution is 5.84. The van der Waals surface area contributed by atoms with Crippen LogP contribution in [-0.4, -0.2) is 16.1 Å². The average Bonchev–Trinajstić information content (AvgIpc) is 2.44. The number of hydrogen-bond donors (Lipinski definition) is 1. The quantitative estimate of drug-likeness (QED) is 0.834. The van der Waals surface area contributed by atoms with Crippen LogP contribution in [-0.2, 0) is 11.4 Å². The van der Waals surface area contributed by atoms with E-state index in [2.05, 4.69) is 4.98 Å². The summed E-state index contributed by atoms with van der Waals surface area (Å²) in [5.41, 5.74) is 1.60. The molecule has 1 aromatic heterocycles. The van der Waals surface area contributed by atoms with Crippen LogP contribution in [0.15, 0.2) is 54.6 Å². The molecule has 0 saturated carbocycles. The summed E-state index contributed by atoms with van der Waals surface area (Å²) in [6.07, 6.45) is 2.47. The maximum absolute atomic E-state index is 10.4. The number of carboxylic acid groups (broad SMARTS) is 1. The largest absolute Gasteiger partial charge is 0.478 e. The highest BCUT2D eigenvalue weighted by atomic mass is 16.5. The van der Waals surface area contributed by atoms with Crippen molar-refractivity contribution in [2.45, 2.75) is 6.61 Å². The first-order valence-corrected chi connectivity index (χ1v) is 5.79. The zero-order chi connectivity index (χ0) is 13.5. The third kappa shape index (κ3) is 4.27. The van der Waals surface area contributed by atoms with E-state index in [-0.39, 0.29) is 0 Å². The van der Waals surface area contributed by atoms with E-state index in [9.17, 15) is 4.79 Å². The predicted octanol–water partition coefficient (Wildman–Crippen LogP) is 2.76. The van der Waals surface area contributed by atoms with Crippen LogP contribution in [0.25, 0.3) is 6.08 Å². The Morgan fingerprint density at radius 1 is 1.16 bits per heavy atom. The molecule has 0 spiro atoms. The number of aliphatic carboxylic acids is 1. The zero-order valence-electron chi connectivity index (χ0n) is 10.2. The third-order valence-corrected chi connectivity index (χ3v) is 2.37. The van der Waals surface area contributed by atoms with Crippen molar-refractivity contribution in [2.24, 2.45) is 0 Å². The molecule has 96 valence electrons. The van der Waals surface area contributed by atoms with Crippen LogP contribution in [0.4, 0.5) is 0 Å². The summed E-state index contributed by atoms with van der Waals surface area (Å²) in [4.78, 5) is 14.6. The second-order valence-corrected chi connectivity index (χ2v) is 3.85. The molecule has 4 heteroatoms. The van der Waals surface area contributed by atoms with E-state index >= 15 is 0 Å². The molecule has 0 aliphatic carbocycles. The minimum atomic E-state index is -1.00. The monoisotopic (exact) mass is 255 g/mol. The SMILES string of the molecule is O=C(O)/C=C/c1cccc(OCc2ccccc2)n1. The van der Waals surface area contributed by atoms with Gasteiger partial charge < -0.3 is 9.84 Å². The lowest BCUT2D eigenvalue weighted by Gasteiger charge is -2.05. The molecule has 0 aliphatic rings. The number of rotatable bonds is 5. The van der Waals surface area contributed by atoms with Gasteiger partial charge in [0.1, 0.15) is 6.61 Å². The van der Waals surface area contributed by atoms with Gasteiger partial charge in [0, 0.05) is 12.1 Å². The Labute approximate surface area is 111 Å². The summed E-state index contributed by atoms with van der Waals surface area (Å²) >= 11 is 0. The fraction of sp³-hybridized carbons (Fsp3) is 0.0667. The number of pyridine rings is 1. The Morgan fingerprint density at radius 2 is 1.95 bits per heavy atom. The fourth-order valence-corrected chi connectivity index (χ4v) is 1.49. The first-order valence-electron chi connectivity index (χ1n) is 5.79. The minimum Gasteiger partial charge on any atom is -0.478 e. The molecule has 1 N–H and O–H groups in total. The van der Waals surface area contributed by atoms with E-state index in [1.807, 2.05) is 30.3 Å². The Morgan fingerprint density at radius 3 is 2.68 bits per heavy atom. The van der Waals surface area contributed by atoms with Crippen molar-refractivity contribution in [3.05, 3.63) is 65.9 Å². The van der Waals surface area contributed by atoms with Crippen LogP contribution >= 0.6 is 0 Å². The van der Waals surface area contributed by atoms with Gasteiger partial charge in [0.15, 0.2) is 0 Å². The minimum absolute atomic E-state index is 0.430. The molecule has 0 amide bonds. The molecule has 0 unspecified atom stereocenters. The van der Waals surface area contributed by atoms with E-state index in [0.717, 1.165) is 11.6 Å². The van der Waals surface area contributed by atoms with Crippen LogP contribution in [0, 0.1) is 0 Å². The highest BCUT2D eigenvalue weighted by Crippen LogP contribution is 2.11. The van der Waals surface area contributed by atoms with Crippen LogP contribution in [0.5, 0.6) is 5.88 Å². The number of benzene rings is 1. The van der Waals surface area contributed by atoms with Gasteiger partial charge >= 0.3 is 5.97 Å². The lowest BCUT2D eigenvalue weighted by molar-refractivity contribution is -0.131. The van der Waals surface area contributed by atoms with E-state index in [1.54, 1.807) is 18.2 Å². The van der Waals surface area contributed by atoms with Gasteiger partial charge in [-0.05, 0) is 17.7 Å². The summed E-state index contributed by atoms with van der Waals surface area (Å²) in [7, 11) is 0. The van der Waals surface area contributed by atoms with Gasteiger partial charge in [-0.15, -0.1) is 0 Å². The van der Waals surface area contributed by atoms with Gasteiger partial charge in [-0.25, -0.2) is 9.78 Å². The van der Waals surface area contributed by atoms with Gasteiger partial charge in [-0.3, -0.25) is 0 Å². The Bertz CT molecular complexity index is 579. The van der Waals surface area contributed by atoms with Crippen molar-refractivity contribution in [3.8, 4) is 5.88 Å². The second-order valence-electron chi connectivity index (χ2n) is 3.85. The summed E-state index contributed by atoms with van der Waals surface area (Å²) in [6.45, 7) is 0.430. The van der Waals surface area contributed by atoms with Crippen molar-refractivity contribution in [1.29, 1.82) is 0 Å². The molecule has 0 fully saturated rings. The topological polar surface area (TPSA) is 59.4 Å². The van der Waals surface area contributed by atoms with Crippen molar-refractivity contribution in [2.75, 3.05) is 0 Å². The van der Waals surface area contributed by atoms with Crippen LogP contribution in [0.3, 0.4) is 0 Å².